The number of aryl methyl sites for hydroxylation is 1. The molecule has 2 unspecified atom stereocenters. The first-order valence-corrected chi connectivity index (χ1v) is 16.3. The lowest BCUT2D eigenvalue weighted by atomic mass is 10.0. The molecule has 0 aliphatic carbocycles. The fraction of sp³-hybridized carbons (Fsp3) is 0.290. The zero-order valence-electron chi connectivity index (χ0n) is 22.4. The Labute approximate surface area is 244 Å². The normalized spacial score (nSPS) is 13.2. The van der Waals surface area contributed by atoms with Gasteiger partial charge in [0, 0.05) is 39.6 Å². The van der Waals surface area contributed by atoms with Crippen molar-refractivity contribution in [3.8, 4) is 5.75 Å². The number of thioether (sulfide) groups is 1. The summed E-state index contributed by atoms with van der Waals surface area (Å²) in [6.07, 6.45) is 2.84. The first kappa shape index (κ1) is 29.9. The van der Waals surface area contributed by atoms with Crippen molar-refractivity contribution >= 4 is 50.1 Å². The van der Waals surface area contributed by atoms with E-state index >= 15 is 0 Å². The zero-order valence-corrected chi connectivity index (χ0v) is 24.8. The second-order valence-corrected chi connectivity index (χ2v) is 13.3. The van der Waals surface area contributed by atoms with Gasteiger partial charge in [0.25, 0.3) is 0 Å². The van der Waals surface area contributed by atoms with Crippen LogP contribution >= 0.6 is 23.4 Å². The summed E-state index contributed by atoms with van der Waals surface area (Å²) in [5.41, 5.74) is 3.29. The third-order valence-electron chi connectivity index (χ3n) is 6.70. The summed E-state index contributed by atoms with van der Waals surface area (Å²) in [5, 5.41) is 13.1. The van der Waals surface area contributed by atoms with Gasteiger partial charge in [-0.3, -0.25) is 0 Å². The molecule has 1 aromatic heterocycles. The van der Waals surface area contributed by atoms with Gasteiger partial charge in [0.05, 0.1) is 16.1 Å². The number of benzene rings is 3. The van der Waals surface area contributed by atoms with E-state index in [2.05, 4.69) is 4.98 Å². The lowest BCUT2D eigenvalue weighted by Crippen LogP contribution is -2.32. The molecule has 0 amide bonds. The molecule has 0 saturated heterocycles. The minimum absolute atomic E-state index is 0.0782. The molecular weight excluding hydrogens is 566 g/mol. The average molecular weight is 597 g/mol. The van der Waals surface area contributed by atoms with Gasteiger partial charge in [-0.15, -0.1) is 0 Å². The van der Waals surface area contributed by atoms with E-state index in [0.717, 1.165) is 27.7 Å². The Bertz CT molecular complexity index is 1590. The predicted octanol–water partition coefficient (Wildman–Crippen LogP) is 6.05. The number of aliphatic carboxylic acids is 1. The molecule has 210 valence electrons. The molecule has 1 heterocycles. The number of carboxylic acid groups (broad SMARTS) is 1. The molecule has 0 N–H and O–H groups in total. The number of halogens is 1. The third-order valence-corrected chi connectivity index (χ3v) is 9.64. The van der Waals surface area contributed by atoms with Gasteiger partial charge in [0.2, 0.25) is 0 Å². The van der Waals surface area contributed by atoms with Crippen LogP contribution in [-0.2, 0) is 27.7 Å². The van der Waals surface area contributed by atoms with Crippen LogP contribution in [0.15, 0.2) is 83.8 Å². The maximum atomic E-state index is 12.3. The van der Waals surface area contributed by atoms with Crippen molar-refractivity contribution in [3.05, 3.63) is 101 Å². The van der Waals surface area contributed by atoms with E-state index in [-0.39, 0.29) is 11.9 Å². The van der Waals surface area contributed by atoms with Crippen molar-refractivity contribution in [3.63, 3.8) is 0 Å². The Hall–Kier alpha value is -3.07. The number of fused-ring (bicyclic) bond motifs is 1. The monoisotopic (exact) mass is 596 g/mol. The largest absolute Gasteiger partial charge is 0.550 e. The summed E-state index contributed by atoms with van der Waals surface area (Å²) in [6, 6.07) is 24.2. The van der Waals surface area contributed by atoms with E-state index in [4.69, 9.17) is 16.3 Å². The molecule has 0 aliphatic heterocycles. The molecule has 4 aromatic rings. The number of hydrogen-bond acceptors (Lipinski definition) is 7. The highest BCUT2D eigenvalue weighted by Crippen LogP contribution is 2.37. The second-order valence-electron chi connectivity index (χ2n) is 9.67. The van der Waals surface area contributed by atoms with E-state index < -0.39 is 21.7 Å². The highest BCUT2D eigenvalue weighted by molar-refractivity contribution is 7.99. The van der Waals surface area contributed by atoms with Gasteiger partial charge in [0.15, 0.2) is 9.84 Å². The fourth-order valence-corrected chi connectivity index (χ4v) is 7.06. The summed E-state index contributed by atoms with van der Waals surface area (Å²) < 4.78 is 30.7. The van der Waals surface area contributed by atoms with Crippen LogP contribution in [0.2, 0.25) is 5.02 Å². The number of carbonyl (C=O) groups is 1. The van der Waals surface area contributed by atoms with Gasteiger partial charge in [0.1, 0.15) is 12.4 Å². The number of nitrogens with zero attached hydrogens (tertiary/aromatic N) is 1. The molecule has 0 spiro atoms. The number of ether oxygens (including phenoxy) is 1. The average Bonchev–Trinajstić information content (AvgIpc) is 2.93. The maximum absolute atomic E-state index is 12.3. The van der Waals surface area contributed by atoms with Crippen LogP contribution < -0.4 is 9.84 Å². The lowest BCUT2D eigenvalue weighted by molar-refractivity contribution is -0.310. The van der Waals surface area contributed by atoms with Crippen molar-refractivity contribution in [2.24, 2.45) is 5.92 Å². The SMILES string of the molecule is CCC(CSC(CCc1ccccc1S(C)(=O)=O)c1cccc(OCc2ccc3ccc(Cl)cc3n2)c1)C(=O)[O-]. The van der Waals surface area contributed by atoms with Gasteiger partial charge in [-0.1, -0.05) is 61.0 Å². The Morgan fingerprint density at radius 2 is 1.82 bits per heavy atom. The summed E-state index contributed by atoms with van der Waals surface area (Å²) in [7, 11) is -3.37. The van der Waals surface area contributed by atoms with Gasteiger partial charge in [-0.2, -0.15) is 11.8 Å². The quantitative estimate of drug-likeness (QED) is 0.185. The van der Waals surface area contributed by atoms with Crippen LogP contribution in [0.4, 0.5) is 0 Å². The maximum Gasteiger partial charge on any atom is 0.175 e. The number of carbonyl (C=O) groups excluding carboxylic acids is 1. The molecule has 0 saturated carbocycles. The van der Waals surface area contributed by atoms with E-state index in [1.165, 1.54) is 6.26 Å². The summed E-state index contributed by atoms with van der Waals surface area (Å²) >= 11 is 7.66. The number of rotatable bonds is 13. The van der Waals surface area contributed by atoms with Crippen LogP contribution in [0.25, 0.3) is 10.9 Å². The Morgan fingerprint density at radius 1 is 1.05 bits per heavy atom. The van der Waals surface area contributed by atoms with Crippen molar-refractivity contribution in [1.29, 1.82) is 0 Å². The minimum atomic E-state index is -3.37. The van der Waals surface area contributed by atoms with Crippen molar-refractivity contribution in [2.75, 3.05) is 12.0 Å². The van der Waals surface area contributed by atoms with E-state index in [1.54, 1.807) is 23.9 Å². The van der Waals surface area contributed by atoms with Gasteiger partial charge in [-0.25, -0.2) is 13.4 Å². The first-order chi connectivity index (χ1) is 19.1. The van der Waals surface area contributed by atoms with Crippen LogP contribution in [0, 0.1) is 5.92 Å². The molecule has 0 aliphatic rings. The molecular formula is C31H31ClNO5S2-. The topological polar surface area (TPSA) is 96.4 Å². The van der Waals surface area contributed by atoms with Gasteiger partial charge >= 0.3 is 0 Å². The van der Waals surface area contributed by atoms with E-state index in [1.807, 2.05) is 73.7 Å². The van der Waals surface area contributed by atoms with Crippen molar-refractivity contribution in [2.45, 2.75) is 42.9 Å². The number of carboxylic acids is 1. The molecule has 40 heavy (non-hydrogen) atoms. The van der Waals surface area contributed by atoms with Gasteiger partial charge < -0.3 is 14.6 Å². The van der Waals surface area contributed by atoms with E-state index in [9.17, 15) is 18.3 Å². The second kappa shape index (κ2) is 13.5. The number of sulfone groups is 1. The number of hydrogen-bond donors (Lipinski definition) is 0. The number of pyridine rings is 1. The standard InChI is InChI=1S/C31H32ClNO5S2/c1-3-21(31(34)35)20-39-29(16-13-23-7-4-5-10-30(23)40(2,36)37)24-8-6-9-27(17-24)38-19-26-15-12-22-11-14-25(32)18-28(22)33-26/h4-12,14-15,17-18,21,29H,3,13,16,19-20H2,1-2H3,(H,34,35)/p-1. The first-order valence-electron chi connectivity index (χ1n) is 13.0. The Morgan fingerprint density at radius 3 is 2.58 bits per heavy atom. The molecule has 0 bridgehead atoms. The fourth-order valence-electron chi connectivity index (χ4n) is 4.46. The molecule has 0 radical (unpaired) electrons. The molecule has 6 nitrogen and oxygen atoms in total. The highest BCUT2D eigenvalue weighted by atomic mass is 35.5. The van der Waals surface area contributed by atoms with Crippen LogP contribution in [0.1, 0.15) is 41.8 Å². The van der Waals surface area contributed by atoms with Gasteiger partial charge in [-0.05, 0) is 66.8 Å². The zero-order chi connectivity index (χ0) is 28.7. The molecule has 9 heteroatoms. The third kappa shape index (κ3) is 7.99. The Kier molecular flexibility index (Phi) is 10.1. The van der Waals surface area contributed by atoms with Crippen molar-refractivity contribution in [1.82, 2.24) is 4.98 Å². The van der Waals surface area contributed by atoms with Crippen molar-refractivity contribution < 1.29 is 23.1 Å². The lowest BCUT2D eigenvalue weighted by Gasteiger charge is -2.22. The number of aromatic nitrogens is 1. The van der Waals surface area contributed by atoms with E-state index in [0.29, 0.717) is 40.7 Å². The van der Waals surface area contributed by atoms with Crippen LogP contribution in [-0.4, -0.2) is 31.4 Å². The molecule has 2 atom stereocenters. The smallest absolute Gasteiger partial charge is 0.175 e. The van der Waals surface area contributed by atoms with Crippen LogP contribution in [0.5, 0.6) is 5.75 Å². The predicted molar refractivity (Wildman–Crippen MR) is 159 cm³/mol. The summed E-state index contributed by atoms with van der Waals surface area (Å²) in [5.74, 6) is -0.564. The molecule has 0 fully saturated rings. The molecule has 4 rings (SSSR count). The summed E-state index contributed by atoms with van der Waals surface area (Å²) in [4.78, 5) is 16.5. The summed E-state index contributed by atoms with van der Waals surface area (Å²) in [6.45, 7) is 2.11. The Balaban J connectivity index is 1.53. The minimum Gasteiger partial charge on any atom is -0.550 e. The highest BCUT2D eigenvalue weighted by Gasteiger charge is 2.19. The van der Waals surface area contributed by atoms with Crippen LogP contribution in [0.3, 0.4) is 0 Å². The molecule has 3 aromatic carbocycles.